The highest BCUT2D eigenvalue weighted by molar-refractivity contribution is 9.13. The fourth-order valence-electron chi connectivity index (χ4n) is 7.08. The maximum Gasteiger partial charge on any atom is 0.271 e. The van der Waals surface area contributed by atoms with Crippen molar-refractivity contribution in [2.75, 3.05) is 17.5 Å². The highest BCUT2D eigenvalue weighted by Gasteiger charge is 2.76. The number of anilines is 1. The van der Waals surface area contributed by atoms with Crippen LogP contribution in [0.5, 0.6) is 11.5 Å². The van der Waals surface area contributed by atoms with E-state index in [0.29, 0.717) is 15.6 Å². The number of non-ortho nitro benzene ring substituents is 1. The third-order valence-electron chi connectivity index (χ3n) is 9.02. The predicted molar refractivity (Wildman–Crippen MR) is 169 cm³/mol. The zero-order valence-electron chi connectivity index (χ0n) is 22.4. The monoisotopic (exact) mass is 833 g/mol. The van der Waals surface area contributed by atoms with Crippen molar-refractivity contribution < 1.29 is 33.9 Å². The molecule has 0 unspecified atom stereocenters. The van der Waals surface area contributed by atoms with Gasteiger partial charge in [-0.05, 0) is 68.3 Å². The van der Waals surface area contributed by atoms with Crippen molar-refractivity contribution >= 4 is 106 Å². The van der Waals surface area contributed by atoms with Crippen LogP contribution in [0.25, 0.3) is 0 Å². The molecule has 0 radical (unpaired) electrons. The summed E-state index contributed by atoms with van der Waals surface area (Å²) in [6.07, 6.45) is 1.63. The van der Waals surface area contributed by atoms with Gasteiger partial charge in [0, 0.05) is 22.5 Å². The van der Waals surface area contributed by atoms with Crippen LogP contribution in [0.3, 0.4) is 0 Å². The number of ether oxygens (including phenoxy) is 1. The number of fused-ring (bicyclic) bond motifs is 4. The molecule has 230 valence electrons. The third-order valence-corrected chi connectivity index (χ3v) is 13.1. The second-order valence-corrected chi connectivity index (χ2v) is 14.2. The van der Waals surface area contributed by atoms with E-state index in [0.717, 1.165) is 15.9 Å². The number of allylic oxidation sites excluding steroid dienone is 2. The number of amides is 4. The smallest absolute Gasteiger partial charge is 0.271 e. The van der Waals surface area contributed by atoms with E-state index in [1.54, 1.807) is 6.08 Å². The first kappa shape index (κ1) is 31.5. The number of rotatable bonds is 5. The van der Waals surface area contributed by atoms with Crippen LogP contribution < -0.4 is 9.64 Å². The topological polar surface area (TPSA) is 147 Å². The number of carbonyl (C=O) groups excluding carboxylic acids is 4. The van der Waals surface area contributed by atoms with Crippen LogP contribution in [0.15, 0.2) is 50.9 Å². The molecule has 1 N–H and O–H groups in total. The quantitative estimate of drug-likeness (QED) is 0.100. The number of likely N-dealkylation sites (tertiary alicyclic amines) is 1. The van der Waals surface area contributed by atoms with Crippen LogP contribution in [0, 0.1) is 27.9 Å². The van der Waals surface area contributed by atoms with Gasteiger partial charge in [0.1, 0.15) is 0 Å². The molecule has 0 spiro atoms. The Balaban J connectivity index is 1.55. The maximum absolute atomic E-state index is 14.1. The van der Waals surface area contributed by atoms with E-state index in [1.165, 1.54) is 31.4 Å². The average molecular weight is 837 g/mol. The molecule has 6 atom stereocenters. The number of nitrogens with zero attached hydrogens (tertiary/aromatic N) is 3. The number of methoxy groups -OCH3 is 1. The zero-order chi connectivity index (χ0) is 32.0. The van der Waals surface area contributed by atoms with E-state index in [-0.39, 0.29) is 45.6 Å². The van der Waals surface area contributed by atoms with Crippen molar-refractivity contribution in [1.29, 1.82) is 0 Å². The summed E-state index contributed by atoms with van der Waals surface area (Å²) in [5.74, 6) is -6.59. The lowest BCUT2D eigenvalue weighted by molar-refractivity contribution is -0.384. The van der Waals surface area contributed by atoms with Gasteiger partial charge in [0.2, 0.25) is 11.8 Å². The van der Waals surface area contributed by atoms with Crippen molar-refractivity contribution in [3.63, 3.8) is 0 Å². The minimum Gasteiger partial charge on any atom is -0.503 e. The molecule has 2 aromatic rings. The minimum absolute atomic E-state index is 0.0463. The van der Waals surface area contributed by atoms with Gasteiger partial charge in [-0.3, -0.25) is 34.2 Å². The van der Waals surface area contributed by atoms with Gasteiger partial charge in [-0.2, -0.15) is 0 Å². The number of phenolic OH excluding ortho intramolecular Hbond substituents is 1. The lowest BCUT2D eigenvalue weighted by Crippen LogP contribution is -2.60. The molecule has 2 heterocycles. The fourth-order valence-corrected chi connectivity index (χ4v) is 9.45. The number of nitro groups is 1. The molecule has 0 aromatic heterocycles. The van der Waals surface area contributed by atoms with Gasteiger partial charge >= 0.3 is 0 Å². The molecule has 2 saturated heterocycles. The molecule has 1 saturated carbocycles. The lowest BCUT2D eigenvalue weighted by atomic mass is 9.56. The van der Waals surface area contributed by atoms with Crippen molar-refractivity contribution in [2.45, 2.75) is 28.5 Å². The highest BCUT2D eigenvalue weighted by atomic mass is 79.9. The Kier molecular flexibility index (Phi) is 7.71. The Bertz CT molecular complexity index is 1740. The molecule has 2 aromatic carbocycles. The normalized spacial score (nSPS) is 31.1. The molecular formula is C28H20Br3Cl2N3O8. The van der Waals surface area contributed by atoms with E-state index in [9.17, 15) is 34.4 Å². The van der Waals surface area contributed by atoms with Gasteiger partial charge in [0.05, 0.1) is 39.5 Å². The summed E-state index contributed by atoms with van der Waals surface area (Å²) in [6.45, 7) is 0. The number of imide groups is 2. The van der Waals surface area contributed by atoms with Crippen LogP contribution >= 0.6 is 71.0 Å². The van der Waals surface area contributed by atoms with Gasteiger partial charge in [-0.25, -0.2) is 4.90 Å². The largest absolute Gasteiger partial charge is 0.503 e. The highest BCUT2D eigenvalue weighted by Crippen LogP contribution is 2.67. The first-order chi connectivity index (χ1) is 20.7. The summed E-state index contributed by atoms with van der Waals surface area (Å²) in [6, 6.07) is 6.72. The number of benzene rings is 2. The number of carbonyl (C=O) groups is 4. The number of hydrogen-bond donors (Lipinski definition) is 1. The summed E-state index contributed by atoms with van der Waals surface area (Å²) in [5, 5.41) is 22.1. The predicted octanol–water partition coefficient (Wildman–Crippen LogP) is 5.75. The van der Waals surface area contributed by atoms with Crippen molar-refractivity contribution in [3.8, 4) is 11.5 Å². The molecule has 2 aliphatic carbocycles. The van der Waals surface area contributed by atoms with E-state index in [2.05, 4.69) is 47.8 Å². The van der Waals surface area contributed by atoms with Crippen LogP contribution in [0.4, 0.5) is 11.4 Å². The minimum atomic E-state index is -2.07. The van der Waals surface area contributed by atoms with Crippen LogP contribution in [0.2, 0.25) is 0 Å². The second-order valence-electron chi connectivity index (χ2n) is 10.9. The van der Waals surface area contributed by atoms with E-state index in [1.807, 2.05) is 0 Å². The third kappa shape index (κ3) is 4.03. The molecule has 2 aliphatic heterocycles. The Hall–Kier alpha value is -2.52. The van der Waals surface area contributed by atoms with Gasteiger partial charge in [-0.15, -0.1) is 23.2 Å². The standard InChI is InChI=1S/C28H20Br3Cl2N3O8/c1-44-17-8-15(20(30)21(31)22(17)37)19-13-5-6-14-18(16(13)9-27(32)25(40)34(10-29)26(41)28(19,27)33)24(39)35(23(14)38)11-3-2-4-12(7-11)36(42)43/h2-5,7-8,14,16,18-19,37H,6,9-10H2,1H3/t14-,16+,18-,19+,27+,28-/m0/s1. The Labute approximate surface area is 285 Å². The summed E-state index contributed by atoms with van der Waals surface area (Å²) in [4.78, 5) is 64.2. The number of hydrogen-bond acceptors (Lipinski definition) is 8. The van der Waals surface area contributed by atoms with Crippen molar-refractivity contribution in [2.24, 2.45) is 17.8 Å². The molecule has 16 heteroatoms. The lowest BCUT2D eigenvalue weighted by Gasteiger charge is -2.51. The van der Waals surface area contributed by atoms with Crippen molar-refractivity contribution in [3.05, 3.63) is 66.6 Å². The molecule has 0 bridgehead atoms. The average Bonchev–Trinajstić information content (AvgIpc) is 3.34. The molecule has 6 rings (SSSR count). The molecule has 4 amide bonds. The number of alkyl halides is 3. The molecule has 44 heavy (non-hydrogen) atoms. The van der Waals surface area contributed by atoms with Crippen LogP contribution in [0.1, 0.15) is 24.3 Å². The SMILES string of the molecule is COc1cc([C@H]2C3=CC[C@@H]4C(=O)N(c5cccc([N+](=O)[O-])c5)C(=O)[C@@H]4[C@@H]3C[C@@]3(Cl)C(=O)N(CBr)C(=O)[C@@]23Cl)c(Br)c(Br)c1O. The first-order valence-electron chi connectivity index (χ1n) is 13.1. The maximum atomic E-state index is 14.1. The number of nitro benzene ring substituents is 1. The Morgan fingerprint density at radius 3 is 2.43 bits per heavy atom. The fraction of sp³-hybridized carbons (Fsp3) is 0.357. The number of phenols is 1. The Morgan fingerprint density at radius 1 is 1.09 bits per heavy atom. The van der Waals surface area contributed by atoms with Crippen molar-refractivity contribution in [1.82, 2.24) is 4.90 Å². The number of aromatic hydroxyl groups is 1. The zero-order valence-corrected chi connectivity index (χ0v) is 28.7. The summed E-state index contributed by atoms with van der Waals surface area (Å²) in [5.41, 5.74) is 0.459. The second kappa shape index (κ2) is 10.8. The molecular weight excluding hydrogens is 817 g/mol. The summed E-state index contributed by atoms with van der Waals surface area (Å²) < 4.78 is 5.89. The molecule has 3 fully saturated rings. The van der Waals surface area contributed by atoms with Gasteiger partial charge < -0.3 is 9.84 Å². The summed E-state index contributed by atoms with van der Waals surface area (Å²) >= 11 is 24.5. The van der Waals surface area contributed by atoms with Gasteiger partial charge in [-0.1, -0.05) is 33.6 Å². The molecule has 4 aliphatic rings. The first-order valence-corrected chi connectivity index (χ1v) is 16.6. The summed E-state index contributed by atoms with van der Waals surface area (Å²) in [7, 11) is 1.35. The van der Waals surface area contributed by atoms with Crippen LogP contribution in [-0.2, 0) is 19.2 Å². The van der Waals surface area contributed by atoms with Gasteiger partial charge in [0.25, 0.3) is 17.5 Å². The Morgan fingerprint density at radius 2 is 1.80 bits per heavy atom. The number of halogens is 5. The van der Waals surface area contributed by atoms with Crippen LogP contribution in [-0.4, -0.2) is 60.9 Å². The van der Waals surface area contributed by atoms with E-state index in [4.69, 9.17) is 27.9 Å². The van der Waals surface area contributed by atoms with E-state index < -0.39 is 62.0 Å². The van der Waals surface area contributed by atoms with E-state index >= 15 is 0 Å². The molecule has 11 nitrogen and oxygen atoms in total. The van der Waals surface area contributed by atoms with Gasteiger partial charge in [0.15, 0.2) is 21.2 Å².